The molecule has 0 aliphatic heterocycles. The van der Waals surface area contributed by atoms with Crippen molar-refractivity contribution in [3.63, 3.8) is 0 Å². The van der Waals surface area contributed by atoms with E-state index in [0.29, 0.717) is 17.1 Å². The lowest BCUT2D eigenvalue weighted by Crippen LogP contribution is -2.19. The molecule has 0 saturated heterocycles. The van der Waals surface area contributed by atoms with Crippen molar-refractivity contribution in [1.29, 1.82) is 0 Å². The van der Waals surface area contributed by atoms with Crippen LogP contribution in [0.2, 0.25) is 0 Å². The van der Waals surface area contributed by atoms with Gasteiger partial charge >= 0.3 is 6.18 Å². The molecule has 0 saturated carbocycles. The first-order valence-electron chi connectivity index (χ1n) is 8.43. The standard InChI is InChI=1S/C20H19F3N4O/c1-13-5-4-6-14(11-13)25-19-24-12-17(20(21,22)23)18(26-19)27(2)15-7-9-16(28-3)10-8-15/h4-12H,1-3H3,(H,24,25,26). The Morgan fingerprint density at radius 3 is 2.39 bits per heavy atom. The van der Waals surface area contributed by atoms with Gasteiger partial charge in [-0.2, -0.15) is 18.2 Å². The van der Waals surface area contributed by atoms with E-state index in [-0.39, 0.29) is 11.8 Å². The molecule has 3 rings (SSSR count). The van der Waals surface area contributed by atoms with Crippen molar-refractivity contribution in [2.45, 2.75) is 13.1 Å². The number of rotatable bonds is 5. The topological polar surface area (TPSA) is 50.3 Å². The molecular weight excluding hydrogens is 369 g/mol. The van der Waals surface area contributed by atoms with E-state index >= 15 is 0 Å². The van der Waals surface area contributed by atoms with Gasteiger partial charge in [-0.3, -0.25) is 0 Å². The highest BCUT2D eigenvalue weighted by Gasteiger charge is 2.36. The molecule has 1 aromatic heterocycles. The smallest absolute Gasteiger partial charge is 0.421 e. The number of hydrogen-bond donors (Lipinski definition) is 1. The van der Waals surface area contributed by atoms with Crippen LogP contribution in [0.3, 0.4) is 0 Å². The number of aryl methyl sites for hydroxylation is 1. The predicted molar refractivity (Wildman–Crippen MR) is 103 cm³/mol. The zero-order chi connectivity index (χ0) is 20.3. The summed E-state index contributed by atoms with van der Waals surface area (Å²) in [5.41, 5.74) is 1.32. The van der Waals surface area contributed by atoms with Crippen LogP contribution in [0, 0.1) is 6.92 Å². The van der Waals surface area contributed by atoms with Gasteiger partial charge in [0.15, 0.2) is 5.82 Å². The predicted octanol–water partition coefficient (Wildman–Crippen LogP) is 5.32. The number of benzene rings is 2. The van der Waals surface area contributed by atoms with Crippen molar-refractivity contribution in [2.75, 3.05) is 24.4 Å². The fraction of sp³-hybridized carbons (Fsp3) is 0.200. The normalized spacial score (nSPS) is 11.2. The van der Waals surface area contributed by atoms with Crippen LogP contribution in [0.15, 0.2) is 54.7 Å². The summed E-state index contributed by atoms with van der Waals surface area (Å²) in [4.78, 5) is 9.35. The highest BCUT2D eigenvalue weighted by atomic mass is 19.4. The first-order chi connectivity index (χ1) is 13.3. The molecule has 0 unspecified atom stereocenters. The average molecular weight is 388 g/mol. The maximum Gasteiger partial charge on any atom is 0.421 e. The molecule has 0 spiro atoms. The molecule has 5 nitrogen and oxygen atoms in total. The summed E-state index contributed by atoms with van der Waals surface area (Å²) in [6, 6.07) is 14.1. The van der Waals surface area contributed by atoms with E-state index < -0.39 is 11.7 Å². The molecule has 1 heterocycles. The van der Waals surface area contributed by atoms with E-state index in [4.69, 9.17) is 4.74 Å². The van der Waals surface area contributed by atoms with E-state index in [2.05, 4.69) is 15.3 Å². The van der Waals surface area contributed by atoms with Crippen molar-refractivity contribution in [3.05, 3.63) is 65.9 Å². The van der Waals surface area contributed by atoms with Gasteiger partial charge in [-0.15, -0.1) is 0 Å². The summed E-state index contributed by atoms with van der Waals surface area (Å²) in [5.74, 6) is 0.439. The zero-order valence-corrected chi connectivity index (χ0v) is 15.6. The minimum atomic E-state index is -4.59. The van der Waals surface area contributed by atoms with Crippen molar-refractivity contribution in [3.8, 4) is 5.75 Å². The van der Waals surface area contributed by atoms with Gasteiger partial charge in [0.2, 0.25) is 5.95 Å². The van der Waals surface area contributed by atoms with Crippen LogP contribution in [-0.2, 0) is 6.18 Å². The van der Waals surface area contributed by atoms with Crippen LogP contribution in [0.25, 0.3) is 0 Å². The second-order valence-corrected chi connectivity index (χ2v) is 6.18. The van der Waals surface area contributed by atoms with Crippen molar-refractivity contribution < 1.29 is 17.9 Å². The summed E-state index contributed by atoms with van der Waals surface area (Å²) >= 11 is 0. The summed E-state index contributed by atoms with van der Waals surface area (Å²) in [6.07, 6.45) is -3.79. The van der Waals surface area contributed by atoms with Gasteiger partial charge in [0.05, 0.1) is 7.11 Å². The van der Waals surface area contributed by atoms with Crippen LogP contribution in [0.1, 0.15) is 11.1 Å². The Kier molecular flexibility index (Phi) is 5.39. The van der Waals surface area contributed by atoms with Crippen LogP contribution < -0.4 is 15.0 Å². The van der Waals surface area contributed by atoms with Crippen LogP contribution in [0.5, 0.6) is 5.75 Å². The number of halogens is 3. The Morgan fingerprint density at radius 2 is 1.79 bits per heavy atom. The summed E-state index contributed by atoms with van der Waals surface area (Å²) in [7, 11) is 3.05. The number of hydrogen-bond acceptors (Lipinski definition) is 5. The molecular formula is C20H19F3N4O. The quantitative estimate of drug-likeness (QED) is 0.641. The molecule has 28 heavy (non-hydrogen) atoms. The number of nitrogens with zero attached hydrogens (tertiary/aromatic N) is 3. The van der Waals surface area contributed by atoms with E-state index in [1.165, 1.54) is 19.1 Å². The monoisotopic (exact) mass is 388 g/mol. The lowest BCUT2D eigenvalue weighted by Gasteiger charge is -2.23. The average Bonchev–Trinajstić information content (AvgIpc) is 2.66. The van der Waals surface area contributed by atoms with E-state index in [1.54, 1.807) is 30.3 Å². The number of alkyl halides is 3. The fourth-order valence-electron chi connectivity index (χ4n) is 2.67. The lowest BCUT2D eigenvalue weighted by atomic mass is 10.2. The second-order valence-electron chi connectivity index (χ2n) is 6.18. The summed E-state index contributed by atoms with van der Waals surface area (Å²) in [5, 5.41) is 2.95. The second kappa shape index (κ2) is 7.75. The maximum atomic E-state index is 13.5. The summed E-state index contributed by atoms with van der Waals surface area (Å²) in [6.45, 7) is 1.92. The minimum Gasteiger partial charge on any atom is -0.497 e. The third kappa shape index (κ3) is 4.33. The Morgan fingerprint density at radius 1 is 1.07 bits per heavy atom. The largest absolute Gasteiger partial charge is 0.497 e. The van der Waals surface area contributed by atoms with Crippen LogP contribution in [-0.4, -0.2) is 24.1 Å². The first-order valence-corrected chi connectivity index (χ1v) is 8.43. The van der Waals surface area contributed by atoms with Crippen molar-refractivity contribution >= 4 is 23.1 Å². The van der Waals surface area contributed by atoms with Crippen LogP contribution >= 0.6 is 0 Å². The lowest BCUT2D eigenvalue weighted by molar-refractivity contribution is -0.137. The molecule has 3 aromatic rings. The first kappa shape index (κ1) is 19.5. The fourth-order valence-corrected chi connectivity index (χ4v) is 2.67. The SMILES string of the molecule is COc1ccc(N(C)c2nc(Nc3cccc(C)c3)ncc2C(F)(F)F)cc1. The molecule has 0 atom stereocenters. The Hall–Kier alpha value is -3.29. The van der Waals surface area contributed by atoms with Gasteiger partial charge in [-0.05, 0) is 48.9 Å². The number of aromatic nitrogens is 2. The molecule has 1 N–H and O–H groups in total. The molecule has 146 valence electrons. The molecule has 2 aromatic carbocycles. The molecule has 0 bridgehead atoms. The van der Waals surface area contributed by atoms with Gasteiger partial charge in [0.1, 0.15) is 11.3 Å². The van der Waals surface area contributed by atoms with Crippen LogP contribution in [0.4, 0.5) is 36.3 Å². The van der Waals surface area contributed by atoms with Gasteiger partial charge in [0, 0.05) is 24.6 Å². The minimum absolute atomic E-state index is 0.0777. The van der Waals surface area contributed by atoms with Gasteiger partial charge in [-0.1, -0.05) is 12.1 Å². The molecule has 0 fully saturated rings. The highest BCUT2D eigenvalue weighted by molar-refractivity contribution is 5.65. The number of nitrogens with one attached hydrogen (secondary N) is 1. The van der Waals surface area contributed by atoms with Gasteiger partial charge in [0.25, 0.3) is 0 Å². The van der Waals surface area contributed by atoms with E-state index in [9.17, 15) is 13.2 Å². The van der Waals surface area contributed by atoms with Crippen molar-refractivity contribution in [2.24, 2.45) is 0 Å². The molecule has 0 amide bonds. The Bertz CT molecular complexity index is 958. The van der Waals surface area contributed by atoms with E-state index in [1.807, 2.05) is 25.1 Å². The van der Waals surface area contributed by atoms with Crippen molar-refractivity contribution in [1.82, 2.24) is 9.97 Å². The van der Waals surface area contributed by atoms with E-state index in [0.717, 1.165) is 11.8 Å². The highest BCUT2D eigenvalue weighted by Crippen LogP contribution is 2.38. The zero-order valence-electron chi connectivity index (χ0n) is 15.6. The molecule has 0 aliphatic carbocycles. The third-order valence-electron chi connectivity index (χ3n) is 4.13. The Balaban J connectivity index is 2.00. The third-order valence-corrected chi connectivity index (χ3v) is 4.13. The number of anilines is 4. The van der Waals surface area contributed by atoms with Gasteiger partial charge < -0.3 is 15.0 Å². The molecule has 0 radical (unpaired) electrons. The number of ether oxygens (including phenoxy) is 1. The maximum absolute atomic E-state index is 13.5. The van der Waals surface area contributed by atoms with Gasteiger partial charge in [-0.25, -0.2) is 4.98 Å². The Labute approximate surface area is 160 Å². The summed E-state index contributed by atoms with van der Waals surface area (Å²) < 4.78 is 45.6. The number of methoxy groups -OCH3 is 1. The molecule has 0 aliphatic rings. The molecule has 8 heteroatoms.